The zero-order valence-electron chi connectivity index (χ0n) is 14.8. The molecule has 138 valence electrons. The number of amides is 1. The van der Waals surface area contributed by atoms with Crippen LogP contribution in [0.4, 0.5) is 0 Å². The average molecular weight is 357 g/mol. The quantitative estimate of drug-likeness (QED) is 0.815. The first kappa shape index (κ1) is 18.0. The minimum atomic E-state index is -1.13. The molecular formula is C18H23N5O3. The molecule has 1 amide bonds. The fraction of sp³-hybridized carbons (Fsp3) is 0.500. The van der Waals surface area contributed by atoms with Crippen molar-refractivity contribution in [3.8, 4) is 5.69 Å². The molecule has 1 aromatic carbocycles. The lowest BCUT2D eigenvalue weighted by Crippen LogP contribution is -2.56. The largest absolute Gasteiger partial charge is 0.480 e. The second kappa shape index (κ2) is 7.63. The first-order chi connectivity index (χ1) is 12.5. The fourth-order valence-electron chi connectivity index (χ4n) is 3.51. The van der Waals surface area contributed by atoms with Crippen LogP contribution in [0.5, 0.6) is 0 Å². The van der Waals surface area contributed by atoms with Crippen LogP contribution >= 0.6 is 0 Å². The van der Waals surface area contributed by atoms with Gasteiger partial charge in [0.25, 0.3) is 0 Å². The molecule has 2 aromatic rings. The highest BCUT2D eigenvalue weighted by molar-refractivity contribution is 5.88. The summed E-state index contributed by atoms with van der Waals surface area (Å²) >= 11 is 0. The van der Waals surface area contributed by atoms with Gasteiger partial charge in [-0.05, 0) is 59.7 Å². The zero-order valence-corrected chi connectivity index (χ0v) is 14.8. The molecule has 0 spiro atoms. The monoisotopic (exact) mass is 357 g/mol. The molecule has 0 unspecified atom stereocenters. The summed E-state index contributed by atoms with van der Waals surface area (Å²) in [4.78, 5) is 24.2. The lowest BCUT2D eigenvalue weighted by molar-refractivity contribution is -0.149. The molecule has 0 saturated heterocycles. The first-order valence-corrected chi connectivity index (χ1v) is 8.89. The van der Waals surface area contributed by atoms with Crippen LogP contribution in [0.15, 0.2) is 30.6 Å². The van der Waals surface area contributed by atoms with Gasteiger partial charge in [0, 0.05) is 0 Å². The molecule has 8 heteroatoms. The van der Waals surface area contributed by atoms with Gasteiger partial charge in [-0.15, -0.1) is 5.10 Å². The van der Waals surface area contributed by atoms with E-state index in [0.29, 0.717) is 18.8 Å². The normalized spacial score (nSPS) is 22.7. The molecule has 3 rings (SSSR count). The van der Waals surface area contributed by atoms with Crippen LogP contribution in [-0.4, -0.2) is 42.7 Å². The Morgan fingerprint density at radius 1 is 1.27 bits per heavy atom. The summed E-state index contributed by atoms with van der Waals surface area (Å²) < 4.78 is 1.52. The van der Waals surface area contributed by atoms with Crippen LogP contribution in [0.25, 0.3) is 5.69 Å². The molecule has 1 aliphatic rings. The van der Waals surface area contributed by atoms with E-state index in [4.69, 9.17) is 0 Å². The Bertz CT molecular complexity index is 750. The number of carbonyl (C=O) groups excluding carboxylic acids is 1. The van der Waals surface area contributed by atoms with Gasteiger partial charge < -0.3 is 10.4 Å². The van der Waals surface area contributed by atoms with E-state index in [9.17, 15) is 14.7 Å². The first-order valence-electron chi connectivity index (χ1n) is 8.89. The van der Waals surface area contributed by atoms with Crippen LogP contribution < -0.4 is 5.32 Å². The van der Waals surface area contributed by atoms with Crippen LogP contribution in [0.2, 0.25) is 0 Å². The van der Waals surface area contributed by atoms with E-state index in [-0.39, 0.29) is 12.3 Å². The van der Waals surface area contributed by atoms with Crippen molar-refractivity contribution in [1.29, 1.82) is 0 Å². The molecule has 1 fully saturated rings. The van der Waals surface area contributed by atoms with E-state index < -0.39 is 11.5 Å². The zero-order chi connectivity index (χ0) is 18.6. The number of nitrogens with one attached hydrogen (secondary N) is 1. The standard InChI is InChI=1S/C18H23N5O3/c1-2-13-7-9-18(10-8-13,17(25)26)20-16(24)11-14-3-5-15(6-4-14)23-12-19-21-22-23/h3-6,12-13H,2,7-11H2,1H3,(H,20,24)(H,25,26). The summed E-state index contributed by atoms with van der Waals surface area (Å²) in [6, 6.07) is 7.27. The van der Waals surface area contributed by atoms with Gasteiger partial charge in [0.2, 0.25) is 5.91 Å². The molecule has 0 bridgehead atoms. The fourth-order valence-corrected chi connectivity index (χ4v) is 3.51. The van der Waals surface area contributed by atoms with Gasteiger partial charge in [-0.3, -0.25) is 4.79 Å². The topological polar surface area (TPSA) is 110 Å². The van der Waals surface area contributed by atoms with Gasteiger partial charge in [0.1, 0.15) is 11.9 Å². The van der Waals surface area contributed by atoms with E-state index in [0.717, 1.165) is 30.5 Å². The van der Waals surface area contributed by atoms with Crippen molar-refractivity contribution in [2.45, 2.75) is 51.0 Å². The third-order valence-electron chi connectivity index (χ3n) is 5.24. The molecule has 26 heavy (non-hydrogen) atoms. The van der Waals surface area contributed by atoms with E-state index in [1.807, 2.05) is 24.3 Å². The maximum absolute atomic E-state index is 12.4. The van der Waals surface area contributed by atoms with Gasteiger partial charge >= 0.3 is 5.97 Å². The van der Waals surface area contributed by atoms with Gasteiger partial charge in [-0.1, -0.05) is 25.5 Å². The maximum atomic E-state index is 12.4. The second-order valence-electron chi connectivity index (χ2n) is 6.88. The smallest absolute Gasteiger partial charge is 0.329 e. The highest BCUT2D eigenvalue weighted by atomic mass is 16.4. The highest BCUT2D eigenvalue weighted by Gasteiger charge is 2.42. The van der Waals surface area contributed by atoms with E-state index in [1.165, 1.54) is 11.0 Å². The van der Waals surface area contributed by atoms with Gasteiger partial charge in [-0.25, -0.2) is 9.48 Å². The number of hydrogen-bond donors (Lipinski definition) is 2. The maximum Gasteiger partial charge on any atom is 0.329 e. The predicted molar refractivity (Wildman–Crippen MR) is 93.6 cm³/mol. The van der Waals surface area contributed by atoms with Gasteiger partial charge in [0.15, 0.2) is 0 Å². The third kappa shape index (κ3) is 3.89. The van der Waals surface area contributed by atoms with E-state index in [1.54, 1.807) is 0 Å². The van der Waals surface area contributed by atoms with Crippen molar-refractivity contribution in [2.75, 3.05) is 0 Å². The number of aromatic nitrogens is 4. The number of carboxylic acids is 1. The van der Waals surface area contributed by atoms with Crippen LogP contribution in [-0.2, 0) is 16.0 Å². The molecule has 1 heterocycles. The Balaban J connectivity index is 1.63. The summed E-state index contributed by atoms with van der Waals surface area (Å²) in [6.45, 7) is 2.12. The Morgan fingerprint density at radius 2 is 1.96 bits per heavy atom. The summed E-state index contributed by atoms with van der Waals surface area (Å²) in [5.41, 5.74) is 0.468. The molecule has 0 atom stereocenters. The minimum Gasteiger partial charge on any atom is -0.480 e. The molecule has 0 aliphatic heterocycles. The van der Waals surface area contributed by atoms with E-state index in [2.05, 4.69) is 27.8 Å². The van der Waals surface area contributed by atoms with Crippen molar-refractivity contribution in [3.05, 3.63) is 36.2 Å². The van der Waals surface area contributed by atoms with E-state index >= 15 is 0 Å². The lowest BCUT2D eigenvalue weighted by Gasteiger charge is -2.37. The van der Waals surface area contributed by atoms with Crippen molar-refractivity contribution in [3.63, 3.8) is 0 Å². The Hall–Kier alpha value is -2.77. The molecule has 2 N–H and O–H groups in total. The number of hydrogen-bond acceptors (Lipinski definition) is 5. The van der Waals surface area contributed by atoms with Gasteiger partial charge in [0.05, 0.1) is 12.1 Å². The Labute approximate surface area is 151 Å². The number of benzene rings is 1. The SMILES string of the molecule is CCC1CCC(NC(=O)Cc2ccc(-n3cnnn3)cc2)(C(=O)O)CC1. The van der Waals surface area contributed by atoms with Crippen LogP contribution in [0, 0.1) is 5.92 Å². The number of rotatable bonds is 6. The summed E-state index contributed by atoms with van der Waals surface area (Å²) in [7, 11) is 0. The molecule has 8 nitrogen and oxygen atoms in total. The van der Waals surface area contributed by atoms with Crippen molar-refractivity contribution in [2.24, 2.45) is 5.92 Å². The van der Waals surface area contributed by atoms with Crippen molar-refractivity contribution in [1.82, 2.24) is 25.5 Å². The number of nitrogens with zero attached hydrogens (tertiary/aromatic N) is 4. The molecule has 1 aliphatic carbocycles. The summed E-state index contributed by atoms with van der Waals surface area (Å²) in [5, 5.41) is 23.4. The number of aliphatic carboxylic acids is 1. The number of tetrazole rings is 1. The Kier molecular flexibility index (Phi) is 5.29. The summed E-state index contributed by atoms with van der Waals surface area (Å²) in [5.74, 6) is -0.648. The third-order valence-corrected chi connectivity index (χ3v) is 5.24. The lowest BCUT2D eigenvalue weighted by atomic mass is 9.75. The average Bonchev–Trinajstić information content (AvgIpc) is 3.17. The molecular weight excluding hydrogens is 334 g/mol. The van der Waals surface area contributed by atoms with Gasteiger partial charge in [-0.2, -0.15) is 0 Å². The van der Waals surface area contributed by atoms with Crippen LogP contribution in [0.1, 0.15) is 44.6 Å². The minimum absolute atomic E-state index is 0.141. The molecule has 0 radical (unpaired) electrons. The predicted octanol–water partition coefficient (Wildman–Crippen LogP) is 1.74. The Morgan fingerprint density at radius 3 is 2.50 bits per heavy atom. The summed E-state index contributed by atoms with van der Waals surface area (Å²) in [6.07, 6.45) is 5.34. The molecule has 1 saturated carbocycles. The van der Waals surface area contributed by atoms with Crippen molar-refractivity contribution >= 4 is 11.9 Å². The highest BCUT2D eigenvalue weighted by Crippen LogP contribution is 2.34. The van der Waals surface area contributed by atoms with Crippen LogP contribution in [0.3, 0.4) is 0 Å². The number of carbonyl (C=O) groups is 2. The second-order valence-corrected chi connectivity index (χ2v) is 6.88. The molecule has 1 aromatic heterocycles. The van der Waals surface area contributed by atoms with Crippen molar-refractivity contribution < 1.29 is 14.7 Å². The number of carboxylic acid groups (broad SMARTS) is 1.